The van der Waals surface area contributed by atoms with Crippen molar-refractivity contribution in [1.82, 2.24) is 19.8 Å². The fraction of sp³-hybridized carbons (Fsp3) is 0.292. The van der Waals surface area contributed by atoms with E-state index in [1.165, 1.54) is 23.1 Å². The number of nitrogens with zero attached hydrogens (tertiary/aromatic N) is 3. The molecule has 170 valence electrons. The molecule has 1 aromatic carbocycles. The van der Waals surface area contributed by atoms with Crippen LogP contribution in [0.2, 0.25) is 0 Å². The number of pyridine rings is 1. The molecule has 2 amide bonds. The highest BCUT2D eigenvalue weighted by Crippen LogP contribution is 2.41. The number of aromatic amines is 1. The van der Waals surface area contributed by atoms with Gasteiger partial charge in [-0.3, -0.25) is 9.59 Å². The zero-order chi connectivity index (χ0) is 23.8. The normalized spacial score (nSPS) is 17.8. The Bertz CT molecular complexity index is 1270. The number of nitrogens with one attached hydrogen (secondary N) is 1. The Balaban J connectivity index is 1.79. The molecule has 0 aliphatic carbocycles. The minimum atomic E-state index is -1.33. The molecule has 3 heterocycles. The summed E-state index contributed by atoms with van der Waals surface area (Å²) in [6, 6.07) is 7.08. The standard InChI is InChI=1S/C24H23F2N5O2/c1-3-4-8-30-9-7-24(23(30)33,18-6-5-16(25)10-15(18)2)31(14-32)13-17-11-20-21(28-17)12-19(26)22(27)29-20/h5-6,10-12,14,28H,7-9,13H2,1-2H3,(H2,27,29). The lowest BCUT2D eigenvalue weighted by molar-refractivity contribution is -0.144. The highest BCUT2D eigenvalue weighted by Gasteiger charge is 2.52. The number of rotatable bonds is 6. The second-order valence-corrected chi connectivity index (χ2v) is 8.04. The molecule has 1 unspecified atom stereocenters. The molecule has 0 radical (unpaired) electrons. The van der Waals surface area contributed by atoms with E-state index in [4.69, 9.17) is 5.73 Å². The van der Waals surface area contributed by atoms with E-state index in [1.807, 2.05) is 0 Å². The van der Waals surface area contributed by atoms with Gasteiger partial charge in [-0.1, -0.05) is 12.0 Å². The third kappa shape index (κ3) is 3.78. The van der Waals surface area contributed by atoms with Crippen LogP contribution >= 0.6 is 0 Å². The van der Waals surface area contributed by atoms with E-state index in [1.54, 1.807) is 30.9 Å². The molecule has 9 heteroatoms. The number of benzene rings is 1. The van der Waals surface area contributed by atoms with Crippen molar-refractivity contribution in [3.63, 3.8) is 0 Å². The van der Waals surface area contributed by atoms with Crippen molar-refractivity contribution in [2.24, 2.45) is 0 Å². The molecule has 1 saturated heterocycles. The van der Waals surface area contributed by atoms with Crippen LogP contribution in [-0.4, -0.2) is 45.2 Å². The van der Waals surface area contributed by atoms with Gasteiger partial charge in [0, 0.05) is 24.7 Å². The SMILES string of the molecule is CC#CCN1CCC(c2ccc(F)cc2C)(N(C=O)Cc2cc3nc(N)c(F)cc3[nH]2)C1=O. The average molecular weight is 451 g/mol. The first-order valence-electron chi connectivity index (χ1n) is 10.4. The largest absolute Gasteiger partial charge is 0.381 e. The Morgan fingerprint density at radius 2 is 2.12 bits per heavy atom. The number of halogens is 2. The molecule has 1 atom stereocenters. The second-order valence-electron chi connectivity index (χ2n) is 8.04. The van der Waals surface area contributed by atoms with Crippen LogP contribution in [0, 0.1) is 30.4 Å². The summed E-state index contributed by atoms with van der Waals surface area (Å²) < 4.78 is 27.7. The molecule has 0 saturated carbocycles. The highest BCUT2D eigenvalue weighted by atomic mass is 19.1. The Morgan fingerprint density at radius 3 is 2.82 bits per heavy atom. The molecule has 1 aliphatic rings. The van der Waals surface area contributed by atoms with Gasteiger partial charge in [-0.05, 0) is 43.2 Å². The van der Waals surface area contributed by atoms with Gasteiger partial charge >= 0.3 is 0 Å². The van der Waals surface area contributed by atoms with E-state index < -0.39 is 17.2 Å². The van der Waals surface area contributed by atoms with Gasteiger partial charge in [0.15, 0.2) is 11.6 Å². The summed E-state index contributed by atoms with van der Waals surface area (Å²) in [6.07, 6.45) is 0.937. The van der Waals surface area contributed by atoms with Crippen molar-refractivity contribution in [2.75, 3.05) is 18.8 Å². The Morgan fingerprint density at radius 1 is 1.33 bits per heavy atom. The van der Waals surface area contributed by atoms with E-state index in [9.17, 15) is 18.4 Å². The molecule has 3 aromatic rings. The summed E-state index contributed by atoms with van der Waals surface area (Å²) in [5.41, 5.74) is 6.77. The zero-order valence-corrected chi connectivity index (χ0v) is 18.3. The van der Waals surface area contributed by atoms with Crippen molar-refractivity contribution >= 4 is 29.2 Å². The predicted octanol–water partition coefficient (Wildman–Crippen LogP) is 2.84. The number of fused-ring (bicyclic) bond motifs is 1. The number of amides is 2. The second kappa shape index (κ2) is 8.54. The average Bonchev–Trinajstić information content (AvgIpc) is 3.31. The maximum absolute atomic E-state index is 13.9. The Labute approximate surface area is 189 Å². The van der Waals surface area contributed by atoms with E-state index in [0.717, 1.165) is 0 Å². The number of aromatic nitrogens is 2. The van der Waals surface area contributed by atoms with E-state index >= 15 is 0 Å². The topological polar surface area (TPSA) is 95.3 Å². The van der Waals surface area contributed by atoms with Crippen LogP contribution in [0.4, 0.5) is 14.6 Å². The highest BCUT2D eigenvalue weighted by molar-refractivity contribution is 5.92. The quantitative estimate of drug-likeness (QED) is 0.445. The van der Waals surface area contributed by atoms with Gasteiger partial charge in [0.2, 0.25) is 6.41 Å². The summed E-state index contributed by atoms with van der Waals surface area (Å²) in [7, 11) is 0. The van der Waals surface area contributed by atoms with Crippen LogP contribution in [0.15, 0.2) is 30.3 Å². The Kier molecular flexibility index (Phi) is 5.77. The van der Waals surface area contributed by atoms with Crippen molar-refractivity contribution in [3.8, 4) is 11.8 Å². The summed E-state index contributed by atoms with van der Waals surface area (Å²) >= 11 is 0. The Hall–Kier alpha value is -3.93. The number of H-pyrrole nitrogens is 1. The molecule has 1 aliphatic heterocycles. The number of carbonyl (C=O) groups excluding carboxylic acids is 2. The van der Waals surface area contributed by atoms with E-state index in [2.05, 4.69) is 21.8 Å². The van der Waals surface area contributed by atoms with Crippen LogP contribution in [0.5, 0.6) is 0 Å². The minimum absolute atomic E-state index is 0.0250. The first kappa shape index (κ1) is 22.3. The molecule has 1 fully saturated rings. The van der Waals surface area contributed by atoms with Crippen molar-refractivity contribution < 1.29 is 18.4 Å². The summed E-state index contributed by atoms with van der Waals surface area (Å²) in [5.74, 6) is 4.09. The molecule has 3 N–H and O–H groups in total. The number of carbonyl (C=O) groups is 2. The van der Waals surface area contributed by atoms with Crippen LogP contribution < -0.4 is 5.73 Å². The number of nitrogen functional groups attached to an aromatic ring is 1. The zero-order valence-electron chi connectivity index (χ0n) is 18.3. The van der Waals surface area contributed by atoms with Crippen LogP contribution in [0.25, 0.3) is 11.0 Å². The number of nitrogens with two attached hydrogens (primary N) is 1. The molecule has 2 aromatic heterocycles. The monoisotopic (exact) mass is 451 g/mol. The van der Waals surface area contributed by atoms with Crippen molar-refractivity contribution in [1.29, 1.82) is 0 Å². The molecule has 7 nitrogen and oxygen atoms in total. The maximum Gasteiger partial charge on any atom is 0.254 e. The number of hydrogen-bond acceptors (Lipinski definition) is 4. The number of hydrogen-bond donors (Lipinski definition) is 2. The van der Waals surface area contributed by atoms with Gasteiger partial charge in [-0.2, -0.15) is 0 Å². The summed E-state index contributed by atoms with van der Waals surface area (Å²) in [5, 5.41) is 0. The first-order valence-corrected chi connectivity index (χ1v) is 10.4. The third-order valence-corrected chi connectivity index (χ3v) is 6.06. The summed E-state index contributed by atoms with van der Waals surface area (Å²) in [4.78, 5) is 36.1. The maximum atomic E-state index is 13.9. The van der Waals surface area contributed by atoms with Gasteiger partial charge in [-0.15, -0.1) is 5.92 Å². The predicted molar refractivity (Wildman–Crippen MR) is 120 cm³/mol. The lowest BCUT2D eigenvalue weighted by atomic mass is 9.83. The lowest BCUT2D eigenvalue weighted by Gasteiger charge is -2.38. The molecule has 0 spiro atoms. The van der Waals surface area contributed by atoms with Crippen LogP contribution in [-0.2, 0) is 21.7 Å². The van der Waals surface area contributed by atoms with E-state index in [0.29, 0.717) is 47.2 Å². The molecule has 4 rings (SSSR count). The van der Waals surface area contributed by atoms with E-state index in [-0.39, 0.29) is 24.8 Å². The number of anilines is 1. The van der Waals surface area contributed by atoms with Gasteiger partial charge in [0.1, 0.15) is 11.4 Å². The van der Waals surface area contributed by atoms with Crippen LogP contribution in [0.1, 0.15) is 30.2 Å². The van der Waals surface area contributed by atoms with Crippen molar-refractivity contribution in [3.05, 3.63) is 58.8 Å². The number of likely N-dealkylation sites (tertiary alicyclic amines) is 1. The molecular formula is C24H23F2N5O2. The van der Waals surface area contributed by atoms with Crippen LogP contribution in [0.3, 0.4) is 0 Å². The number of aryl methyl sites for hydroxylation is 1. The van der Waals surface area contributed by atoms with Gasteiger partial charge in [0.05, 0.1) is 24.1 Å². The molecule has 0 bridgehead atoms. The first-order chi connectivity index (χ1) is 15.8. The third-order valence-electron chi connectivity index (χ3n) is 6.06. The van der Waals surface area contributed by atoms with Gasteiger partial charge in [0.25, 0.3) is 5.91 Å². The van der Waals surface area contributed by atoms with Gasteiger partial charge in [-0.25, -0.2) is 13.8 Å². The smallest absolute Gasteiger partial charge is 0.254 e. The fourth-order valence-corrected chi connectivity index (χ4v) is 4.49. The minimum Gasteiger partial charge on any atom is -0.381 e. The fourth-order valence-electron chi connectivity index (χ4n) is 4.49. The molecule has 33 heavy (non-hydrogen) atoms. The van der Waals surface area contributed by atoms with Gasteiger partial charge < -0.3 is 20.5 Å². The lowest BCUT2D eigenvalue weighted by Crippen LogP contribution is -2.51. The van der Waals surface area contributed by atoms with Crippen molar-refractivity contribution in [2.45, 2.75) is 32.4 Å². The summed E-state index contributed by atoms with van der Waals surface area (Å²) in [6.45, 7) is 4.05. The molecular weight excluding hydrogens is 428 g/mol.